The predicted molar refractivity (Wildman–Crippen MR) is 85.9 cm³/mol. The highest BCUT2D eigenvalue weighted by Crippen LogP contribution is 2.34. The third kappa shape index (κ3) is 2.94. The minimum Gasteiger partial charge on any atom is -0.482 e. The number of anilines is 1. The summed E-state index contributed by atoms with van der Waals surface area (Å²) in [6.07, 6.45) is 0.807. The second kappa shape index (κ2) is 6.31. The number of likely N-dealkylation sites (N-methyl/N-ethyl adjacent to an activating group) is 1. The SMILES string of the molecule is CCC(C)NC(=O)c1nc(-c2ccc3c(c2)OCC(=O)N3C)no1. The van der Waals surface area contributed by atoms with Gasteiger partial charge in [-0.2, -0.15) is 4.98 Å². The maximum atomic E-state index is 12.0. The first-order valence-corrected chi connectivity index (χ1v) is 7.68. The summed E-state index contributed by atoms with van der Waals surface area (Å²) in [4.78, 5) is 29.3. The number of carbonyl (C=O) groups excluding carboxylic acids is 2. The van der Waals surface area contributed by atoms with Crippen LogP contribution >= 0.6 is 0 Å². The summed E-state index contributed by atoms with van der Waals surface area (Å²) in [7, 11) is 1.69. The maximum absolute atomic E-state index is 12.0. The van der Waals surface area contributed by atoms with Gasteiger partial charge < -0.3 is 19.5 Å². The molecular weight excluding hydrogens is 312 g/mol. The number of aromatic nitrogens is 2. The summed E-state index contributed by atoms with van der Waals surface area (Å²) in [6.45, 7) is 3.86. The van der Waals surface area contributed by atoms with Gasteiger partial charge in [0.2, 0.25) is 5.82 Å². The molecule has 1 atom stereocenters. The lowest BCUT2D eigenvalue weighted by atomic mass is 10.1. The Hall–Kier alpha value is -2.90. The minimum atomic E-state index is -0.400. The number of carbonyl (C=O) groups is 2. The molecule has 0 saturated heterocycles. The molecular formula is C16H18N4O4. The highest BCUT2D eigenvalue weighted by molar-refractivity contribution is 5.97. The van der Waals surface area contributed by atoms with Gasteiger partial charge in [0.15, 0.2) is 6.61 Å². The molecule has 1 aliphatic heterocycles. The zero-order valence-corrected chi connectivity index (χ0v) is 13.7. The van der Waals surface area contributed by atoms with Gasteiger partial charge in [-0.3, -0.25) is 9.59 Å². The number of benzene rings is 1. The van der Waals surface area contributed by atoms with E-state index in [0.29, 0.717) is 17.0 Å². The summed E-state index contributed by atoms with van der Waals surface area (Å²) >= 11 is 0. The second-order valence-corrected chi connectivity index (χ2v) is 5.63. The Morgan fingerprint density at radius 2 is 2.25 bits per heavy atom. The van der Waals surface area contributed by atoms with Crippen LogP contribution in [0.1, 0.15) is 31.0 Å². The van der Waals surface area contributed by atoms with Crippen molar-refractivity contribution in [3.8, 4) is 17.1 Å². The average molecular weight is 330 g/mol. The second-order valence-electron chi connectivity index (χ2n) is 5.63. The lowest BCUT2D eigenvalue weighted by Gasteiger charge is -2.25. The predicted octanol–water partition coefficient (Wildman–Crippen LogP) is 1.62. The van der Waals surface area contributed by atoms with Crippen molar-refractivity contribution in [2.24, 2.45) is 0 Å². The molecule has 1 aliphatic rings. The number of nitrogens with zero attached hydrogens (tertiary/aromatic N) is 3. The van der Waals surface area contributed by atoms with Crippen molar-refractivity contribution >= 4 is 17.5 Å². The van der Waals surface area contributed by atoms with E-state index in [-0.39, 0.29) is 30.3 Å². The van der Waals surface area contributed by atoms with Crippen LogP contribution in [-0.2, 0) is 4.79 Å². The smallest absolute Gasteiger partial charge is 0.316 e. The Morgan fingerprint density at radius 3 is 3.00 bits per heavy atom. The van der Waals surface area contributed by atoms with Crippen LogP contribution in [0.5, 0.6) is 5.75 Å². The average Bonchev–Trinajstić information content (AvgIpc) is 3.08. The van der Waals surface area contributed by atoms with E-state index in [9.17, 15) is 9.59 Å². The molecule has 3 rings (SSSR count). The first kappa shape index (κ1) is 16.0. The van der Waals surface area contributed by atoms with Crippen LogP contribution in [0.4, 0.5) is 5.69 Å². The largest absolute Gasteiger partial charge is 0.482 e. The molecule has 1 unspecified atom stereocenters. The maximum Gasteiger partial charge on any atom is 0.316 e. The van der Waals surface area contributed by atoms with E-state index in [1.54, 1.807) is 25.2 Å². The van der Waals surface area contributed by atoms with Crippen molar-refractivity contribution in [3.05, 3.63) is 24.1 Å². The summed E-state index contributed by atoms with van der Waals surface area (Å²) < 4.78 is 10.5. The first-order chi connectivity index (χ1) is 11.5. The van der Waals surface area contributed by atoms with Gasteiger partial charge in [0.1, 0.15) is 5.75 Å². The number of fused-ring (bicyclic) bond motifs is 1. The fourth-order valence-corrected chi connectivity index (χ4v) is 2.24. The first-order valence-electron chi connectivity index (χ1n) is 7.68. The minimum absolute atomic E-state index is 0.0121. The van der Waals surface area contributed by atoms with Gasteiger partial charge in [0.25, 0.3) is 5.91 Å². The molecule has 2 heterocycles. The van der Waals surface area contributed by atoms with Crippen molar-refractivity contribution in [1.82, 2.24) is 15.5 Å². The van der Waals surface area contributed by atoms with Crippen LogP contribution in [0.3, 0.4) is 0 Å². The molecule has 0 aliphatic carbocycles. The summed E-state index contributed by atoms with van der Waals surface area (Å²) in [5.41, 5.74) is 1.32. The van der Waals surface area contributed by atoms with Crippen LogP contribution in [0.2, 0.25) is 0 Å². The van der Waals surface area contributed by atoms with Gasteiger partial charge in [-0.25, -0.2) is 0 Å². The molecule has 2 aromatic rings. The number of hydrogen-bond acceptors (Lipinski definition) is 6. The topological polar surface area (TPSA) is 97.6 Å². The molecule has 0 bridgehead atoms. The van der Waals surface area contributed by atoms with E-state index in [4.69, 9.17) is 9.26 Å². The van der Waals surface area contributed by atoms with Crippen LogP contribution in [0.25, 0.3) is 11.4 Å². The van der Waals surface area contributed by atoms with E-state index in [0.717, 1.165) is 6.42 Å². The van der Waals surface area contributed by atoms with Crippen LogP contribution in [0, 0.1) is 0 Å². The van der Waals surface area contributed by atoms with E-state index in [1.165, 1.54) is 4.90 Å². The molecule has 1 aromatic carbocycles. The molecule has 0 saturated carbocycles. The highest BCUT2D eigenvalue weighted by Gasteiger charge is 2.24. The van der Waals surface area contributed by atoms with Crippen LogP contribution in [-0.4, -0.2) is 41.7 Å². The molecule has 1 N–H and O–H groups in total. The molecule has 0 spiro atoms. The Labute approximate surface area is 138 Å². The third-order valence-electron chi connectivity index (χ3n) is 3.91. The summed E-state index contributed by atoms with van der Waals surface area (Å²) in [5, 5.41) is 6.61. The van der Waals surface area contributed by atoms with Gasteiger partial charge >= 0.3 is 11.8 Å². The Balaban J connectivity index is 1.83. The zero-order valence-electron chi connectivity index (χ0n) is 13.7. The van der Waals surface area contributed by atoms with Crippen molar-refractivity contribution in [2.75, 3.05) is 18.6 Å². The van der Waals surface area contributed by atoms with Gasteiger partial charge in [-0.15, -0.1) is 0 Å². The Kier molecular flexibility index (Phi) is 4.20. The fourth-order valence-electron chi connectivity index (χ4n) is 2.24. The molecule has 24 heavy (non-hydrogen) atoms. The summed E-state index contributed by atoms with van der Waals surface area (Å²) in [5.74, 6) is 0.248. The van der Waals surface area contributed by atoms with Gasteiger partial charge in [0.05, 0.1) is 5.69 Å². The van der Waals surface area contributed by atoms with Crippen LogP contribution in [0.15, 0.2) is 22.7 Å². The van der Waals surface area contributed by atoms with E-state index in [2.05, 4.69) is 15.5 Å². The third-order valence-corrected chi connectivity index (χ3v) is 3.91. The van der Waals surface area contributed by atoms with E-state index >= 15 is 0 Å². The normalized spacial score (nSPS) is 14.8. The zero-order chi connectivity index (χ0) is 17.3. The van der Waals surface area contributed by atoms with E-state index in [1.807, 2.05) is 13.8 Å². The molecule has 8 nitrogen and oxygen atoms in total. The van der Waals surface area contributed by atoms with Crippen molar-refractivity contribution in [2.45, 2.75) is 26.3 Å². The lowest BCUT2D eigenvalue weighted by molar-refractivity contribution is -0.120. The molecule has 2 amide bonds. The van der Waals surface area contributed by atoms with E-state index < -0.39 is 5.91 Å². The number of ether oxygens (including phenoxy) is 1. The number of amides is 2. The monoisotopic (exact) mass is 330 g/mol. The van der Waals surface area contributed by atoms with Gasteiger partial charge in [-0.05, 0) is 31.5 Å². The molecule has 1 aromatic heterocycles. The standard InChI is InChI=1S/C16H18N4O4/c1-4-9(2)17-15(22)16-18-14(19-24-16)10-5-6-11-12(7-10)23-8-13(21)20(11)3/h5-7,9H,4,8H2,1-3H3,(H,17,22). The van der Waals surface area contributed by atoms with Crippen LogP contribution < -0.4 is 15.0 Å². The number of hydrogen-bond donors (Lipinski definition) is 1. The van der Waals surface area contributed by atoms with Crippen molar-refractivity contribution in [3.63, 3.8) is 0 Å². The quantitative estimate of drug-likeness (QED) is 0.915. The Bertz CT molecular complexity index is 786. The van der Waals surface area contributed by atoms with Crippen molar-refractivity contribution in [1.29, 1.82) is 0 Å². The molecule has 0 fully saturated rings. The number of nitrogens with one attached hydrogen (secondary N) is 1. The van der Waals surface area contributed by atoms with Gasteiger partial charge in [-0.1, -0.05) is 12.1 Å². The Morgan fingerprint density at radius 1 is 1.46 bits per heavy atom. The fraction of sp³-hybridized carbons (Fsp3) is 0.375. The van der Waals surface area contributed by atoms with Crippen molar-refractivity contribution < 1.29 is 18.8 Å². The molecule has 8 heteroatoms. The molecule has 126 valence electrons. The summed E-state index contributed by atoms with van der Waals surface area (Å²) in [6, 6.07) is 5.24. The highest BCUT2D eigenvalue weighted by atomic mass is 16.5. The molecule has 0 radical (unpaired) electrons. The number of rotatable bonds is 4. The van der Waals surface area contributed by atoms with Gasteiger partial charge in [0, 0.05) is 18.7 Å². The lowest BCUT2D eigenvalue weighted by Crippen LogP contribution is -2.35.